The lowest BCUT2D eigenvalue weighted by atomic mass is 10.0. The van der Waals surface area contributed by atoms with Crippen molar-refractivity contribution < 1.29 is 9.53 Å². The average molecular weight is 203 g/mol. The topological polar surface area (TPSA) is 38.3 Å². The fraction of sp³-hybridized carbons (Fsp3) is 0.909. The van der Waals surface area contributed by atoms with Crippen LogP contribution in [-0.4, -0.2) is 26.2 Å². The molecule has 0 unspecified atom stereocenters. The van der Waals surface area contributed by atoms with Crippen LogP contribution in [0.5, 0.6) is 0 Å². The molecule has 1 fully saturated rings. The second-order valence-corrected chi connectivity index (χ2v) is 2.98. The normalized spacial score (nSPS) is 15.4. The molecule has 14 heavy (non-hydrogen) atoms. The third-order valence-corrected chi connectivity index (χ3v) is 1.86. The van der Waals surface area contributed by atoms with E-state index in [1.165, 1.54) is 25.9 Å². The Kier molecular flexibility index (Phi) is 16.9. The lowest BCUT2D eigenvalue weighted by Crippen LogP contribution is -2.26. The Labute approximate surface area is 88.2 Å². The van der Waals surface area contributed by atoms with Gasteiger partial charge in [-0.15, -0.1) is 0 Å². The molecule has 0 amide bonds. The molecule has 0 aromatic carbocycles. The molecule has 0 aliphatic carbocycles. The molecule has 3 nitrogen and oxygen atoms in total. The van der Waals surface area contributed by atoms with Gasteiger partial charge in [0.2, 0.25) is 0 Å². The second-order valence-electron chi connectivity index (χ2n) is 2.98. The predicted molar refractivity (Wildman–Crippen MR) is 60.3 cm³/mol. The zero-order chi connectivity index (χ0) is 11.2. The van der Waals surface area contributed by atoms with E-state index >= 15 is 0 Å². The molecule has 1 N–H and O–H groups in total. The van der Waals surface area contributed by atoms with Crippen LogP contribution in [0.3, 0.4) is 0 Å². The molecule has 1 aliphatic heterocycles. The number of ether oxygens (including phenoxy) is 1. The quantitative estimate of drug-likeness (QED) is 0.699. The van der Waals surface area contributed by atoms with Gasteiger partial charge in [0.05, 0.1) is 6.61 Å². The summed E-state index contributed by atoms with van der Waals surface area (Å²) in [6.45, 7) is 11.5. The third kappa shape index (κ3) is 14.0. The van der Waals surface area contributed by atoms with Gasteiger partial charge in [-0.1, -0.05) is 20.8 Å². The van der Waals surface area contributed by atoms with Crippen LogP contribution < -0.4 is 5.32 Å². The highest BCUT2D eigenvalue weighted by molar-refractivity contribution is 5.36. The van der Waals surface area contributed by atoms with E-state index in [0.717, 1.165) is 5.92 Å². The summed E-state index contributed by atoms with van der Waals surface area (Å²) in [5, 5.41) is 3.32. The Morgan fingerprint density at radius 3 is 2.00 bits per heavy atom. The molecular weight excluding hydrogens is 178 g/mol. The van der Waals surface area contributed by atoms with E-state index < -0.39 is 0 Å². The van der Waals surface area contributed by atoms with Crippen LogP contribution in [0.25, 0.3) is 0 Å². The highest BCUT2D eigenvalue weighted by Gasteiger charge is 2.04. The van der Waals surface area contributed by atoms with Crippen molar-refractivity contribution in [1.82, 2.24) is 5.32 Å². The van der Waals surface area contributed by atoms with Crippen molar-refractivity contribution in [3.05, 3.63) is 0 Å². The van der Waals surface area contributed by atoms with Crippen molar-refractivity contribution in [2.75, 3.05) is 19.7 Å². The summed E-state index contributed by atoms with van der Waals surface area (Å²) in [6.07, 6.45) is 2.75. The Bertz CT molecular complexity index is 101. The number of nitrogens with one attached hydrogen (secondary N) is 1. The summed E-state index contributed by atoms with van der Waals surface area (Å²) in [6, 6.07) is 0. The van der Waals surface area contributed by atoms with Gasteiger partial charge >= 0.3 is 0 Å². The number of piperidine rings is 1. The van der Waals surface area contributed by atoms with Gasteiger partial charge in [0.25, 0.3) is 6.47 Å². The molecule has 0 aromatic heterocycles. The zero-order valence-corrected chi connectivity index (χ0v) is 10.0. The summed E-state index contributed by atoms with van der Waals surface area (Å²) < 4.78 is 4.15. The highest BCUT2D eigenvalue weighted by Crippen LogP contribution is 2.08. The van der Waals surface area contributed by atoms with Gasteiger partial charge in [0, 0.05) is 0 Å². The highest BCUT2D eigenvalue weighted by atomic mass is 16.5. The van der Waals surface area contributed by atoms with E-state index in [1.807, 2.05) is 13.8 Å². The average Bonchev–Trinajstić information content (AvgIpc) is 2.24. The van der Waals surface area contributed by atoms with Crippen molar-refractivity contribution in [3.8, 4) is 0 Å². The van der Waals surface area contributed by atoms with E-state index in [1.54, 1.807) is 6.92 Å². The number of hydrogen-bond acceptors (Lipinski definition) is 3. The summed E-state index contributed by atoms with van der Waals surface area (Å²) in [5.74, 6) is 0.973. The number of carbonyl (C=O) groups is 1. The molecule has 0 saturated carbocycles. The van der Waals surface area contributed by atoms with Crippen molar-refractivity contribution in [1.29, 1.82) is 0 Å². The Balaban J connectivity index is 0. The van der Waals surface area contributed by atoms with Gasteiger partial charge in [0.15, 0.2) is 0 Å². The van der Waals surface area contributed by atoms with E-state index in [0.29, 0.717) is 13.1 Å². The maximum atomic E-state index is 9.18. The van der Waals surface area contributed by atoms with Gasteiger partial charge in [-0.25, -0.2) is 0 Å². The van der Waals surface area contributed by atoms with Gasteiger partial charge in [-0.2, -0.15) is 0 Å². The lowest BCUT2D eigenvalue weighted by molar-refractivity contribution is -0.128. The van der Waals surface area contributed by atoms with Crippen molar-refractivity contribution in [3.63, 3.8) is 0 Å². The maximum Gasteiger partial charge on any atom is 0.293 e. The molecule has 0 spiro atoms. The first-order valence-electron chi connectivity index (χ1n) is 5.57. The fourth-order valence-electron chi connectivity index (χ4n) is 1.03. The Hall–Kier alpha value is -0.570. The van der Waals surface area contributed by atoms with Crippen molar-refractivity contribution in [2.24, 2.45) is 5.92 Å². The molecule has 3 heteroatoms. The predicted octanol–water partition coefficient (Wildman–Crippen LogP) is 2.21. The minimum atomic E-state index is 0.431. The lowest BCUT2D eigenvalue weighted by Gasteiger charge is -2.17. The molecule has 86 valence electrons. The molecule has 1 heterocycles. The van der Waals surface area contributed by atoms with E-state index in [9.17, 15) is 4.79 Å². The zero-order valence-electron chi connectivity index (χ0n) is 10.0. The fourth-order valence-corrected chi connectivity index (χ4v) is 1.03. The van der Waals surface area contributed by atoms with Crippen LogP contribution >= 0.6 is 0 Å². The van der Waals surface area contributed by atoms with Gasteiger partial charge in [-0.3, -0.25) is 4.79 Å². The summed E-state index contributed by atoms with van der Waals surface area (Å²) in [7, 11) is 0. The third-order valence-electron chi connectivity index (χ3n) is 1.86. The maximum absolute atomic E-state index is 9.18. The number of carbonyl (C=O) groups excluding carboxylic acids is 1. The molecule has 1 rings (SSSR count). The van der Waals surface area contributed by atoms with Crippen molar-refractivity contribution >= 4 is 6.47 Å². The van der Waals surface area contributed by atoms with E-state index in [2.05, 4.69) is 17.0 Å². The standard InChI is InChI=1S/C6H13N.C3H6O2.C2H6/c1-6-2-4-7-5-3-6;1-2-5-3-4;1-2/h6-7H,2-5H2,1H3;3H,2H2,1H3;1-2H3. The molecule has 0 radical (unpaired) electrons. The van der Waals surface area contributed by atoms with Crippen LogP contribution in [0, 0.1) is 5.92 Å². The molecule has 0 aromatic rings. The summed E-state index contributed by atoms with van der Waals surface area (Å²) in [4.78, 5) is 9.18. The minimum absolute atomic E-state index is 0.431. The Morgan fingerprint density at radius 1 is 1.36 bits per heavy atom. The molecule has 1 saturated heterocycles. The Morgan fingerprint density at radius 2 is 1.86 bits per heavy atom. The van der Waals surface area contributed by atoms with E-state index in [-0.39, 0.29) is 0 Å². The van der Waals surface area contributed by atoms with Gasteiger partial charge in [0.1, 0.15) is 0 Å². The van der Waals surface area contributed by atoms with Crippen LogP contribution in [0.1, 0.15) is 40.5 Å². The first kappa shape index (κ1) is 15.9. The summed E-state index contributed by atoms with van der Waals surface area (Å²) >= 11 is 0. The largest absolute Gasteiger partial charge is 0.468 e. The number of rotatable bonds is 2. The summed E-state index contributed by atoms with van der Waals surface area (Å²) in [5.41, 5.74) is 0. The molecular formula is C11H25NO2. The van der Waals surface area contributed by atoms with Crippen LogP contribution in [0.15, 0.2) is 0 Å². The smallest absolute Gasteiger partial charge is 0.293 e. The van der Waals surface area contributed by atoms with Gasteiger partial charge < -0.3 is 10.1 Å². The first-order valence-corrected chi connectivity index (χ1v) is 5.57. The van der Waals surface area contributed by atoms with Gasteiger partial charge in [-0.05, 0) is 38.8 Å². The first-order chi connectivity index (χ1) is 6.81. The SMILES string of the molecule is CC.CC1CCNCC1.CCOC=O. The van der Waals surface area contributed by atoms with Crippen molar-refractivity contribution in [2.45, 2.75) is 40.5 Å². The monoisotopic (exact) mass is 203 g/mol. The minimum Gasteiger partial charge on any atom is -0.468 e. The molecule has 0 atom stereocenters. The van der Waals surface area contributed by atoms with Crippen LogP contribution in [-0.2, 0) is 9.53 Å². The van der Waals surface area contributed by atoms with Crippen LogP contribution in [0.2, 0.25) is 0 Å². The molecule has 0 bridgehead atoms. The molecule has 1 aliphatic rings. The second kappa shape index (κ2) is 14.9. The van der Waals surface area contributed by atoms with E-state index in [4.69, 9.17) is 0 Å². The van der Waals surface area contributed by atoms with Crippen LogP contribution in [0.4, 0.5) is 0 Å². The number of hydrogen-bond donors (Lipinski definition) is 1.